The second-order valence-corrected chi connectivity index (χ2v) is 19.5. The average molecular weight is 915 g/mol. The van der Waals surface area contributed by atoms with Crippen molar-refractivity contribution >= 4 is 17.9 Å². The number of ether oxygens (including phenoxy) is 3. The van der Waals surface area contributed by atoms with Crippen LogP contribution in [0.2, 0.25) is 0 Å². The summed E-state index contributed by atoms with van der Waals surface area (Å²) in [5.74, 6) is -1.46. The molecule has 0 fully saturated rings. The molecule has 0 aromatic heterocycles. The van der Waals surface area contributed by atoms with E-state index in [1.165, 1.54) is 141 Å². The lowest BCUT2D eigenvalue weighted by molar-refractivity contribution is -0.887. The Balaban J connectivity index is 4.20. The number of unbranched alkanes of at least 4 members (excludes halogenated alkanes) is 27. The number of nitrogens with zero attached hydrogens (tertiary/aromatic N) is 1. The molecule has 0 bridgehead atoms. The maximum absolute atomic E-state index is 12.8. The first-order valence-corrected chi connectivity index (χ1v) is 27.2. The number of likely N-dealkylation sites (N-methyl/N-ethyl adjacent to an activating group) is 1. The van der Waals surface area contributed by atoms with E-state index in [0.717, 1.165) is 70.6 Å². The van der Waals surface area contributed by atoms with Crippen LogP contribution in [0.1, 0.15) is 245 Å². The minimum Gasteiger partial charge on any atom is -0.477 e. The Hall–Kier alpha value is -2.71. The molecule has 0 saturated carbocycles. The third-order valence-corrected chi connectivity index (χ3v) is 12.2. The van der Waals surface area contributed by atoms with Crippen molar-refractivity contribution in [3.05, 3.63) is 48.6 Å². The second-order valence-electron chi connectivity index (χ2n) is 19.5. The van der Waals surface area contributed by atoms with Crippen molar-refractivity contribution < 1.29 is 38.2 Å². The van der Waals surface area contributed by atoms with Crippen LogP contribution in [0.5, 0.6) is 0 Å². The SMILES string of the molecule is CC/C=C/C/C=C/C/C=C/C/C=C/CCCCCCCCCCCC(=O)OC(COCCC(C(=O)O)[N+](C)(C)C)COC(=O)CCCCCCCCCCCCCCCCCCCCC. The van der Waals surface area contributed by atoms with E-state index in [2.05, 4.69) is 62.5 Å². The van der Waals surface area contributed by atoms with E-state index in [0.29, 0.717) is 19.3 Å². The van der Waals surface area contributed by atoms with Gasteiger partial charge in [-0.3, -0.25) is 9.59 Å². The first kappa shape index (κ1) is 62.3. The molecule has 0 rings (SSSR count). The summed E-state index contributed by atoms with van der Waals surface area (Å²) in [6, 6.07) is -0.616. The number of esters is 2. The van der Waals surface area contributed by atoms with Crippen molar-refractivity contribution in [1.29, 1.82) is 0 Å². The predicted molar refractivity (Wildman–Crippen MR) is 275 cm³/mol. The van der Waals surface area contributed by atoms with Crippen molar-refractivity contribution in [2.45, 2.75) is 257 Å². The average Bonchev–Trinajstić information content (AvgIpc) is 3.27. The van der Waals surface area contributed by atoms with E-state index in [4.69, 9.17) is 14.2 Å². The summed E-state index contributed by atoms with van der Waals surface area (Å²) in [6.45, 7) is 4.66. The Kier molecular flexibility index (Phi) is 45.8. The van der Waals surface area contributed by atoms with Gasteiger partial charge >= 0.3 is 17.9 Å². The van der Waals surface area contributed by atoms with Gasteiger partial charge in [-0.15, -0.1) is 0 Å². The molecule has 2 unspecified atom stereocenters. The fraction of sp³-hybridized carbons (Fsp3) is 0.807. The Labute approximate surface area is 401 Å². The van der Waals surface area contributed by atoms with Gasteiger partial charge in [0.15, 0.2) is 12.1 Å². The molecule has 0 aliphatic heterocycles. The summed E-state index contributed by atoms with van der Waals surface area (Å²) in [6.07, 6.45) is 58.8. The van der Waals surface area contributed by atoms with Gasteiger partial charge in [-0.1, -0.05) is 223 Å². The van der Waals surface area contributed by atoms with E-state index in [1.807, 2.05) is 21.1 Å². The number of aliphatic carboxylic acids is 1. The van der Waals surface area contributed by atoms with E-state index in [1.54, 1.807) is 0 Å². The number of carbonyl (C=O) groups excluding carboxylic acids is 2. The topological polar surface area (TPSA) is 99.1 Å². The summed E-state index contributed by atoms with van der Waals surface area (Å²) in [7, 11) is 5.54. The van der Waals surface area contributed by atoms with E-state index >= 15 is 0 Å². The Morgan fingerprint density at radius 2 is 0.862 bits per heavy atom. The van der Waals surface area contributed by atoms with Crippen LogP contribution < -0.4 is 0 Å². The minimum atomic E-state index is -0.874. The lowest BCUT2D eigenvalue weighted by Gasteiger charge is -2.31. The number of carboxylic acids is 1. The number of hydrogen-bond acceptors (Lipinski definition) is 6. The third kappa shape index (κ3) is 46.2. The molecule has 8 heteroatoms. The van der Waals surface area contributed by atoms with Gasteiger partial charge in [0.05, 0.1) is 34.4 Å². The number of carboxylic acid groups (broad SMARTS) is 1. The molecule has 378 valence electrons. The second kappa shape index (κ2) is 47.8. The van der Waals surface area contributed by atoms with Gasteiger partial charge in [-0.25, -0.2) is 4.79 Å². The van der Waals surface area contributed by atoms with Gasteiger partial charge in [-0.05, 0) is 51.4 Å². The largest absolute Gasteiger partial charge is 0.477 e. The lowest BCUT2D eigenvalue weighted by atomic mass is 10.0. The molecule has 0 saturated heterocycles. The van der Waals surface area contributed by atoms with Crippen LogP contribution in [0, 0.1) is 0 Å². The van der Waals surface area contributed by atoms with Crippen LogP contribution in [0.25, 0.3) is 0 Å². The normalized spacial score (nSPS) is 13.2. The zero-order valence-corrected chi connectivity index (χ0v) is 43.2. The molecule has 0 aliphatic carbocycles. The molecule has 0 aromatic rings. The van der Waals surface area contributed by atoms with Gasteiger partial charge < -0.3 is 23.8 Å². The van der Waals surface area contributed by atoms with Gasteiger partial charge in [0.1, 0.15) is 6.61 Å². The van der Waals surface area contributed by atoms with Crippen molar-refractivity contribution in [3.63, 3.8) is 0 Å². The van der Waals surface area contributed by atoms with Gasteiger partial charge in [0.2, 0.25) is 0 Å². The Morgan fingerprint density at radius 1 is 0.477 bits per heavy atom. The summed E-state index contributed by atoms with van der Waals surface area (Å²) < 4.78 is 17.4. The van der Waals surface area contributed by atoms with E-state index < -0.39 is 18.1 Å². The molecule has 8 nitrogen and oxygen atoms in total. The van der Waals surface area contributed by atoms with Crippen LogP contribution >= 0.6 is 0 Å². The summed E-state index contributed by atoms with van der Waals surface area (Å²) >= 11 is 0. The number of carbonyl (C=O) groups is 3. The Morgan fingerprint density at radius 3 is 1.28 bits per heavy atom. The molecule has 0 heterocycles. The molecule has 0 aliphatic rings. The van der Waals surface area contributed by atoms with Crippen molar-refractivity contribution in [1.82, 2.24) is 0 Å². The number of quaternary nitrogens is 1. The Bertz CT molecular complexity index is 1200. The fourth-order valence-corrected chi connectivity index (χ4v) is 8.09. The zero-order valence-electron chi connectivity index (χ0n) is 43.2. The van der Waals surface area contributed by atoms with Crippen molar-refractivity contribution in [2.75, 3.05) is 41.0 Å². The quantitative estimate of drug-likeness (QED) is 0.0281. The molecule has 2 atom stereocenters. The molecule has 0 aromatic carbocycles. The zero-order chi connectivity index (χ0) is 47.7. The van der Waals surface area contributed by atoms with E-state index in [-0.39, 0.29) is 36.2 Å². The highest BCUT2D eigenvalue weighted by Gasteiger charge is 2.31. The van der Waals surface area contributed by atoms with E-state index in [9.17, 15) is 19.5 Å². The van der Waals surface area contributed by atoms with Crippen LogP contribution in [0.15, 0.2) is 48.6 Å². The molecule has 0 radical (unpaired) electrons. The van der Waals surface area contributed by atoms with Gasteiger partial charge in [0, 0.05) is 19.3 Å². The lowest BCUT2D eigenvalue weighted by Crippen LogP contribution is -2.50. The first-order valence-electron chi connectivity index (χ1n) is 27.2. The van der Waals surface area contributed by atoms with Crippen LogP contribution in [-0.4, -0.2) is 80.6 Å². The molecule has 0 spiro atoms. The predicted octanol–water partition coefficient (Wildman–Crippen LogP) is 15.9. The van der Waals surface area contributed by atoms with Gasteiger partial charge in [0.25, 0.3) is 0 Å². The smallest absolute Gasteiger partial charge is 0.362 e. The van der Waals surface area contributed by atoms with Crippen LogP contribution in [0.4, 0.5) is 0 Å². The number of allylic oxidation sites excluding steroid dienone is 8. The molecular weight excluding hydrogens is 811 g/mol. The van der Waals surface area contributed by atoms with Crippen molar-refractivity contribution in [3.8, 4) is 0 Å². The molecular formula is C57H104NO7+. The summed E-state index contributed by atoms with van der Waals surface area (Å²) in [4.78, 5) is 37.2. The standard InChI is InChI=1S/C57H103NO7/c1-6-8-10-12-14-16-18-20-22-24-26-27-28-30-32-34-36-38-40-42-44-46-48-56(60)65-53(51-63-50-49-54(57(61)62)58(3,4)5)52-64-55(59)47-45-43-41-39-37-35-33-31-29-25-23-21-19-17-15-13-11-9-7-2/h8,10,14,16,20,22,26-27,53-54H,6-7,9,11-13,15,17-19,21,23-25,28-52H2,1-5H3/p+1/b10-8+,16-14+,22-20+,27-26+. The molecule has 0 amide bonds. The fourth-order valence-electron chi connectivity index (χ4n) is 8.09. The summed E-state index contributed by atoms with van der Waals surface area (Å²) in [5, 5.41) is 9.67. The highest BCUT2D eigenvalue weighted by atomic mass is 16.6. The maximum Gasteiger partial charge on any atom is 0.362 e. The van der Waals surface area contributed by atoms with Crippen LogP contribution in [-0.2, 0) is 28.6 Å². The van der Waals surface area contributed by atoms with Crippen LogP contribution in [0.3, 0.4) is 0 Å². The number of hydrogen-bond donors (Lipinski definition) is 1. The van der Waals surface area contributed by atoms with Crippen molar-refractivity contribution in [2.24, 2.45) is 0 Å². The molecule has 65 heavy (non-hydrogen) atoms. The molecule has 1 N–H and O–H groups in total. The number of rotatable bonds is 49. The minimum absolute atomic E-state index is 0.0508. The monoisotopic (exact) mass is 915 g/mol. The first-order chi connectivity index (χ1) is 31.6. The maximum atomic E-state index is 12.8. The summed E-state index contributed by atoms with van der Waals surface area (Å²) in [5.41, 5.74) is 0. The van der Waals surface area contributed by atoms with Gasteiger partial charge in [-0.2, -0.15) is 0 Å². The highest BCUT2D eigenvalue weighted by molar-refractivity contribution is 5.72. The highest BCUT2D eigenvalue weighted by Crippen LogP contribution is 2.17. The third-order valence-electron chi connectivity index (χ3n) is 12.2.